The van der Waals surface area contributed by atoms with Crippen molar-refractivity contribution in [2.24, 2.45) is 0 Å². The Bertz CT molecular complexity index is 982. The molecule has 2 unspecified atom stereocenters. The second-order valence-electron chi connectivity index (χ2n) is 14.2. The number of unbranched alkanes of at least 4 members (excludes halogenated alkanes) is 12. The normalized spacial score (nSPS) is 13.5. The Morgan fingerprint density at radius 3 is 1.67 bits per heavy atom. The molecule has 0 aliphatic rings. The Labute approximate surface area is 311 Å². The van der Waals surface area contributed by atoms with Gasteiger partial charge in [0.2, 0.25) is 0 Å². The molecular weight excluding hydrogens is 646 g/mol. The van der Waals surface area contributed by atoms with E-state index < -0.39 is 24.3 Å². The number of carbonyl (C=O) groups is 3. The van der Waals surface area contributed by atoms with Crippen molar-refractivity contribution in [1.29, 1.82) is 0 Å². The molecular formula is C42H74NO8+. The van der Waals surface area contributed by atoms with Crippen LogP contribution in [0.2, 0.25) is 0 Å². The Kier molecular flexibility index (Phi) is 32.5. The fourth-order valence-corrected chi connectivity index (χ4v) is 5.00. The smallest absolute Gasteiger partial charge is 0.361 e. The number of nitrogens with zero attached hydrogens (tertiary/aromatic N) is 1. The number of likely N-dealkylation sites (N-methyl/N-ethyl adjacent to an activating group) is 1. The Balaban J connectivity index is 4.45. The molecule has 1 N–H and O–H groups in total. The maximum atomic E-state index is 12.7. The Morgan fingerprint density at radius 1 is 0.608 bits per heavy atom. The zero-order chi connectivity index (χ0) is 37.8. The standard InChI is InChI=1S/C42H73NO8/c1-6-8-10-12-14-15-16-17-18-19-20-21-22-23-24-25-27-29-31-33-40(45)51-38(36-49-39(44)32-30-28-26-13-11-9-7-2)37-50-42(41(46)47)48-35-34-43(3,4)5/h8,10,14-15,17-18,20-21,38,42H,6-7,9,11-13,16,19,22-37H2,1-5H3/p+1/b10-8-,15-14-,18-17-,21-20-. The van der Waals surface area contributed by atoms with Gasteiger partial charge in [0.15, 0.2) is 6.10 Å². The fraction of sp³-hybridized carbons (Fsp3) is 0.738. The average molecular weight is 721 g/mol. The van der Waals surface area contributed by atoms with Gasteiger partial charge in [-0.2, -0.15) is 0 Å². The number of carboxylic acid groups (broad SMARTS) is 1. The van der Waals surface area contributed by atoms with Crippen LogP contribution in [0.3, 0.4) is 0 Å². The molecule has 0 saturated heterocycles. The third kappa shape index (κ3) is 35.4. The van der Waals surface area contributed by atoms with Gasteiger partial charge >= 0.3 is 17.9 Å². The molecule has 0 aliphatic carbocycles. The lowest BCUT2D eigenvalue weighted by molar-refractivity contribution is -0.870. The van der Waals surface area contributed by atoms with E-state index in [4.69, 9.17) is 18.9 Å². The largest absolute Gasteiger partial charge is 0.477 e. The predicted octanol–water partition coefficient (Wildman–Crippen LogP) is 9.66. The minimum Gasteiger partial charge on any atom is -0.477 e. The summed E-state index contributed by atoms with van der Waals surface area (Å²) in [7, 11) is 5.93. The molecule has 0 fully saturated rings. The van der Waals surface area contributed by atoms with Gasteiger partial charge in [-0.1, -0.05) is 127 Å². The minimum atomic E-state index is -1.51. The molecule has 0 aliphatic heterocycles. The number of allylic oxidation sites excluding steroid dienone is 8. The molecule has 51 heavy (non-hydrogen) atoms. The fourth-order valence-electron chi connectivity index (χ4n) is 5.00. The first kappa shape index (κ1) is 48.2. The summed E-state index contributed by atoms with van der Waals surface area (Å²) in [5, 5.41) is 9.57. The van der Waals surface area contributed by atoms with Crippen molar-refractivity contribution in [3.8, 4) is 0 Å². The van der Waals surface area contributed by atoms with Crippen LogP contribution in [0.15, 0.2) is 48.6 Å². The van der Waals surface area contributed by atoms with Crippen LogP contribution in [-0.4, -0.2) is 87.4 Å². The number of esters is 2. The number of rotatable bonds is 35. The van der Waals surface area contributed by atoms with E-state index in [9.17, 15) is 19.5 Å². The second kappa shape index (κ2) is 34.3. The van der Waals surface area contributed by atoms with E-state index in [1.54, 1.807) is 0 Å². The molecule has 9 heteroatoms. The summed E-state index contributed by atoms with van der Waals surface area (Å²) in [5.41, 5.74) is 0. The van der Waals surface area contributed by atoms with Crippen LogP contribution in [0.5, 0.6) is 0 Å². The Morgan fingerprint density at radius 2 is 1.12 bits per heavy atom. The summed E-state index contributed by atoms with van der Waals surface area (Å²) < 4.78 is 22.5. The van der Waals surface area contributed by atoms with E-state index in [0.29, 0.717) is 23.9 Å². The van der Waals surface area contributed by atoms with Crippen molar-refractivity contribution < 1.29 is 42.9 Å². The van der Waals surface area contributed by atoms with Gasteiger partial charge in [-0.05, 0) is 51.4 Å². The van der Waals surface area contributed by atoms with E-state index in [1.165, 1.54) is 25.7 Å². The lowest BCUT2D eigenvalue weighted by Gasteiger charge is -2.25. The van der Waals surface area contributed by atoms with E-state index in [2.05, 4.69) is 62.5 Å². The van der Waals surface area contributed by atoms with Crippen molar-refractivity contribution in [2.45, 2.75) is 155 Å². The van der Waals surface area contributed by atoms with Gasteiger partial charge < -0.3 is 28.5 Å². The molecule has 0 saturated carbocycles. The van der Waals surface area contributed by atoms with Crippen LogP contribution in [0, 0.1) is 0 Å². The molecule has 0 radical (unpaired) electrons. The number of quaternary nitrogens is 1. The van der Waals surface area contributed by atoms with Gasteiger partial charge in [0.1, 0.15) is 13.2 Å². The van der Waals surface area contributed by atoms with E-state index in [1.807, 2.05) is 21.1 Å². The van der Waals surface area contributed by atoms with Gasteiger partial charge in [-0.3, -0.25) is 9.59 Å². The van der Waals surface area contributed by atoms with Gasteiger partial charge in [0.25, 0.3) is 6.29 Å². The molecule has 9 nitrogen and oxygen atoms in total. The summed E-state index contributed by atoms with van der Waals surface area (Å²) in [6.07, 6.45) is 34.7. The van der Waals surface area contributed by atoms with Gasteiger partial charge in [0.05, 0.1) is 34.4 Å². The molecule has 294 valence electrons. The van der Waals surface area contributed by atoms with Crippen molar-refractivity contribution in [2.75, 3.05) is 47.5 Å². The van der Waals surface area contributed by atoms with Crippen LogP contribution in [0.4, 0.5) is 0 Å². The summed E-state index contributed by atoms with van der Waals surface area (Å²) in [4.78, 5) is 36.8. The van der Waals surface area contributed by atoms with Gasteiger partial charge in [0, 0.05) is 12.8 Å². The molecule has 0 bridgehead atoms. The lowest BCUT2D eigenvalue weighted by Crippen LogP contribution is -2.40. The second-order valence-corrected chi connectivity index (χ2v) is 14.2. The van der Waals surface area contributed by atoms with E-state index in [0.717, 1.165) is 83.5 Å². The first-order valence-electron chi connectivity index (χ1n) is 19.8. The zero-order valence-electron chi connectivity index (χ0n) is 33.0. The van der Waals surface area contributed by atoms with Crippen molar-refractivity contribution >= 4 is 17.9 Å². The summed E-state index contributed by atoms with van der Waals surface area (Å²) >= 11 is 0. The summed E-state index contributed by atoms with van der Waals surface area (Å²) in [5.74, 6) is -2.04. The van der Waals surface area contributed by atoms with Crippen LogP contribution in [0.1, 0.15) is 142 Å². The van der Waals surface area contributed by atoms with E-state index in [-0.39, 0.29) is 32.2 Å². The highest BCUT2D eigenvalue weighted by Gasteiger charge is 2.25. The first-order chi connectivity index (χ1) is 24.6. The van der Waals surface area contributed by atoms with Gasteiger partial charge in [-0.25, -0.2) is 4.79 Å². The number of hydrogen-bond donors (Lipinski definition) is 1. The predicted molar refractivity (Wildman–Crippen MR) is 207 cm³/mol. The van der Waals surface area contributed by atoms with Crippen molar-refractivity contribution in [1.82, 2.24) is 0 Å². The molecule has 0 aromatic rings. The number of hydrogen-bond acceptors (Lipinski definition) is 7. The van der Waals surface area contributed by atoms with Crippen molar-refractivity contribution in [3.05, 3.63) is 48.6 Å². The van der Waals surface area contributed by atoms with Crippen LogP contribution in [-0.2, 0) is 33.3 Å². The van der Waals surface area contributed by atoms with Crippen LogP contribution >= 0.6 is 0 Å². The van der Waals surface area contributed by atoms with Crippen LogP contribution < -0.4 is 0 Å². The molecule has 0 aromatic heterocycles. The molecule has 0 aromatic carbocycles. The number of aliphatic carboxylic acids is 1. The minimum absolute atomic E-state index is 0.183. The van der Waals surface area contributed by atoms with Crippen molar-refractivity contribution in [3.63, 3.8) is 0 Å². The SMILES string of the molecule is CC/C=C\C/C=C\C/C=C\C/C=C\CCCCCCCCC(=O)OC(COC(=O)CCCCCCCCC)COC(OCC[N+](C)(C)C)C(=O)O. The highest BCUT2D eigenvalue weighted by molar-refractivity contribution is 5.71. The molecule has 0 heterocycles. The zero-order valence-corrected chi connectivity index (χ0v) is 33.0. The molecule has 0 amide bonds. The first-order valence-corrected chi connectivity index (χ1v) is 19.8. The topological polar surface area (TPSA) is 108 Å². The number of carboxylic acids is 1. The molecule has 0 spiro atoms. The van der Waals surface area contributed by atoms with E-state index >= 15 is 0 Å². The lowest BCUT2D eigenvalue weighted by atomic mass is 10.1. The maximum Gasteiger partial charge on any atom is 0.361 e. The van der Waals surface area contributed by atoms with Gasteiger partial charge in [-0.15, -0.1) is 0 Å². The number of carbonyl (C=O) groups excluding carboxylic acids is 2. The summed E-state index contributed by atoms with van der Waals surface area (Å²) in [6, 6.07) is 0. The molecule has 2 atom stereocenters. The van der Waals surface area contributed by atoms with Crippen LogP contribution in [0.25, 0.3) is 0 Å². The highest BCUT2D eigenvalue weighted by atomic mass is 16.7. The third-order valence-electron chi connectivity index (χ3n) is 8.10. The maximum absolute atomic E-state index is 12.7. The monoisotopic (exact) mass is 721 g/mol. The molecule has 0 rings (SSSR count). The summed E-state index contributed by atoms with van der Waals surface area (Å²) in [6.45, 7) is 4.66. The third-order valence-corrected chi connectivity index (χ3v) is 8.10. The highest BCUT2D eigenvalue weighted by Crippen LogP contribution is 2.12. The Hall–Kier alpha value is -2.75. The average Bonchev–Trinajstić information content (AvgIpc) is 3.08. The quantitative estimate of drug-likeness (QED) is 0.0227. The number of ether oxygens (including phenoxy) is 4.